The van der Waals surface area contributed by atoms with E-state index in [9.17, 15) is 0 Å². The first-order chi connectivity index (χ1) is 13.9. The molecule has 8 nitrogen and oxygen atoms in total. The molecular weight excluding hydrogens is 417 g/mol. The number of methoxy groups -OCH3 is 2. The fourth-order valence-corrected chi connectivity index (χ4v) is 3.68. The largest absolute Gasteiger partial charge is 0.494 e. The van der Waals surface area contributed by atoms with E-state index in [1.54, 1.807) is 30.9 Å². The van der Waals surface area contributed by atoms with Gasteiger partial charge in [-0.15, -0.1) is 0 Å². The van der Waals surface area contributed by atoms with Crippen molar-refractivity contribution in [1.82, 2.24) is 19.6 Å². The van der Waals surface area contributed by atoms with Gasteiger partial charge in [0.15, 0.2) is 11.9 Å². The number of hydrogen-bond donors (Lipinski definition) is 1. The summed E-state index contributed by atoms with van der Waals surface area (Å²) < 4.78 is 17.6. The number of fused-ring (bicyclic) bond motifs is 1. The van der Waals surface area contributed by atoms with Crippen molar-refractivity contribution < 1.29 is 14.2 Å². The molecule has 0 spiro atoms. The third-order valence-electron chi connectivity index (χ3n) is 4.30. The molecule has 0 aliphatic carbocycles. The minimum atomic E-state index is -0.425. The zero-order valence-corrected chi connectivity index (χ0v) is 18.4. The van der Waals surface area contributed by atoms with Gasteiger partial charge in [-0.3, -0.25) is 0 Å². The van der Waals surface area contributed by atoms with Crippen molar-refractivity contribution in [3.05, 3.63) is 33.7 Å². The van der Waals surface area contributed by atoms with Gasteiger partial charge in [0, 0.05) is 19.8 Å². The lowest BCUT2D eigenvalue weighted by Crippen LogP contribution is -2.25. The van der Waals surface area contributed by atoms with Gasteiger partial charge in [0.1, 0.15) is 11.6 Å². The minimum absolute atomic E-state index is 0.386. The Morgan fingerprint density at radius 1 is 1.07 bits per heavy atom. The van der Waals surface area contributed by atoms with Crippen molar-refractivity contribution >= 4 is 34.8 Å². The summed E-state index contributed by atoms with van der Waals surface area (Å²) in [5.41, 5.74) is 2.71. The molecule has 3 rings (SSSR count). The molecule has 3 aromatic rings. The Hall–Kier alpha value is -2.13. The normalized spacial score (nSPS) is 11.4. The van der Waals surface area contributed by atoms with E-state index in [-0.39, 0.29) is 0 Å². The molecule has 156 valence electrons. The zero-order valence-electron chi connectivity index (χ0n) is 16.9. The third-order valence-corrected chi connectivity index (χ3v) is 4.90. The second kappa shape index (κ2) is 9.13. The maximum atomic E-state index is 6.56. The van der Waals surface area contributed by atoms with Crippen LogP contribution in [-0.2, 0) is 9.47 Å². The van der Waals surface area contributed by atoms with Gasteiger partial charge in [-0.25, -0.2) is 4.98 Å². The van der Waals surface area contributed by atoms with Gasteiger partial charge in [0.2, 0.25) is 5.95 Å². The topological polar surface area (TPSA) is 82.8 Å². The van der Waals surface area contributed by atoms with Crippen LogP contribution in [0.15, 0.2) is 12.1 Å². The number of hydrogen-bond acceptors (Lipinski definition) is 7. The first-order valence-electron chi connectivity index (χ1n) is 9.05. The molecular formula is C19H23Cl2N5O3. The molecule has 0 bridgehead atoms. The quantitative estimate of drug-likeness (QED) is 0.527. The van der Waals surface area contributed by atoms with E-state index in [2.05, 4.69) is 20.4 Å². The molecule has 2 heterocycles. The molecule has 0 radical (unpaired) electrons. The van der Waals surface area contributed by atoms with Gasteiger partial charge in [-0.1, -0.05) is 23.2 Å². The molecule has 0 atom stereocenters. The summed E-state index contributed by atoms with van der Waals surface area (Å²) in [5.74, 6) is 1.70. The summed E-state index contributed by atoms with van der Waals surface area (Å²) in [7, 11) is 3.14. The van der Waals surface area contributed by atoms with Crippen molar-refractivity contribution in [2.24, 2.45) is 0 Å². The maximum Gasteiger partial charge on any atom is 0.227 e. The van der Waals surface area contributed by atoms with Gasteiger partial charge < -0.3 is 19.5 Å². The van der Waals surface area contributed by atoms with Crippen LogP contribution in [0.1, 0.15) is 18.4 Å². The molecule has 29 heavy (non-hydrogen) atoms. The number of nitrogens with one attached hydrogen (secondary N) is 1. The first-order valence-corrected chi connectivity index (χ1v) is 9.80. The van der Waals surface area contributed by atoms with Crippen molar-refractivity contribution in [3.8, 4) is 16.9 Å². The van der Waals surface area contributed by atoms with Gasteiger partial charge in [0.25, 0.3) is 0 Å². The van der Waals surface area contributed by atoms with Crippen molar-refractivity contribution in [2.75, 3.05) is 32.7 Å². The second-order valence-corrected chi connectivity index (χ2v) is 7.08. The van der Waals surface area contributed by atoms with Crippen LogP contribution in [0.4, 0.5) is 5.95 Å². The van der Waals surface area contributed by atoms with E-state index in [0.717, 1.165) is 11.3 Å². The summed E-state index contributed by atoms with van der Waals surface area (Å²) in [4.78, 5) is 9.03. The Labute approximate surface area is 179 Å². The van der Waals surface area contributed by atoms with E-state index >= 15 is 0 Å². The number of halogens is 2. The van der Waals surface area contributed by atoms with E-state index < -0.39 is 6.29 Å². The summed E-state index contributed by atoms with van der Waals surface area (Å²) in [6.07, 6.45) is -0.425. The summed E-state index contributed by atoms with van der Waals surface area (Å²) in [6, 6.07) is 3.48. The Kier molecular flexibility index (Phi) is 6.79. The van der Waals surface area contributed by atoms with Crippen LogP contribution in [0.2, 0.25) is 10.0 Å². The first kappa shape index (κ1) is 21.6. The number of ether oxygens (including phenoxy) is 3. The smallest absolute Gasteiger partial charge is 0.227 e. The van der Waals surface area contributed by atoms with Crippen LogP contribution in [0.3, 0.4) is 0 Å². The maximum absolute atomic E-state index is 6.56. The van der Waals surface area contributed by atoms with Crippen LogP contribution in [0, 0.1) is 13.8 Å². The Morgan fingerprint density at radius 3 is 2.31 bits per heavy atom. The minimum Gasteiger partial charge on any atom is -0.494 e. The SMILES string of the molecule is CCOc1cc(Cl)c(-c2c(C)nn3c(NCC(OC)OC)nc(C)nc23)c(Cl)c1. The second-order valence-electron chi connectivity index (χ2n) is 6.27. The number of anilines is 1. The Bertz CT molecular complexity index is 998. The van der Waals surface area contributed by atoms with Crippen LogP contribution >= 0.6 is 23.2 Å². The highest BCUT2D eigenvalue weighted by Gasteiger charge is 2.22. The molecule has 0 unspecified atom stereocenters. The summed E-state index contributed by atoms with van der Waals surface area (Å²) in [6.45, 7) is 6.49. The predicted molar refractivity (Wildman–Crippen MR) is 113 cm³/mol. The summed E-state index contributed by atoms with van der Waals surface area (Å²) in [5, 5.41) is 8.71. The van der Waals surface area contributed by atoms with Gasteiger partial charge in [-0.2, -0.15) is 14.6 Å². The van der Waals surface area contributed by atoms with Gasteiger partial charge >= 0.3 is 0 Å². The molecule has 0 aliphatic heterocycles. The average Bonchev–Trinajstić information content (AvgIpc) is 2.98. The molecule has 1 aromatic carbocycles. The lowest BCUT2D eigenvalue weighted by Gasteiger charge is -2.15. The standard InChI is InChI=1S/C19H23Cl2N5O3/c1-6-29-12-7-13(20)17(14(21)8-12)16-10(2)25-26-18(16)23-11(3)24-19(26)22-9-15(27-4)28-5/h7-8,15H,6,9H2,1-5H3,(H,22,23,24). The molecule has 1 N–H and O–H groups in total. The summed E-state index contributed by atoms with van der Waals surface area (Å²) >= 11 is 13.1. The van der Waals surface area contributed by atoms with E-state index in [1.165, 1.54) is 0 Å². The Balaban J connectivity index is 2.12. The van der Waals surface area contributed by atoms with Crippen LogP contribution in [0.25, 0.3) is 16.8 Å². The molecule has 0 aliphatic rings. The van der Waals surface area contributed by atoms with Gasteiger partial charge in [-0.05, 0) is 32.9 Å². The molecule has 2 aromatic heterocycles. The van der Waals surface area contributed by atoms with Crippen LogP contribution in [-0.4, -0.2) is 53.2 Å². The lowest BCUT2D eigenvalue weighted by molar-refractivity contribution is -0.0915. The van der Waals surface area contributed by atoms with E-state index in [0.29, 0.717) is 51.9 Å². The van der Waals surface area contributed by atoms with Crippen molar-refractivity contribution in [3.63, 3.8) is 0 Å². The highest BCUT2D eigenvalue weighted by atomic mass is 35.5. The number of nitrogens with zero attached hydrogens (tertiary/aromatic N) is 4. The van der Waals surface area contributed by atoms with Crippen molar-refractivity contribution in [2.45, 2.75) is 27.1 Å². The van der Waals surface area contributed by atoms with Gasteiger partial charge in [0.05, 0.1) is 34.5 Å². The molecule has 0 fully saturated rings. The monoisotopic (exact) mass is 439 g/mol. The Morgan fingerprint density at radius 2 is 1.72 bits per heavy atom. The lowest BCUT2D eigenvalue weighted by atomic mass is 10.1. The molecule has 10 heteroatoms. The number of aromatic nitrogens is 4. The highest BCUT2D eigenvalue weighted by Crippen LogP contribution is 2.41. The number of aryl methyl sites for hydroxylation is 2. The third kappa shape index (κ3) is 4.40. The fourth-order valence-electron chi connectivity index (χ4n) is 3.03. The zero-order chi connectivity index (χ0) is 21.1. The van der Waals surface area contributed by atoms with E-state index in [4.69, 9.17) is 37.4 Å². The van der Waals surface area contributed by atoms with E-state index in [1.807, 2.05) is 20.8 Å². The van der Waals surface area contributed by atoms with Crippen LogP contribution < -0.4 is 10.1 Å². The molecule has 0 saturated carbocycles. The molecule has 0 amide bonds. The number of rotatable bonds is 8. The predicted octanol–water partition coefficient (Wildman–Crippen LogP) is 4.14. The molecule has 0 saturated heterocycles. The highest BCUT2D eigenvalue weighted by molar-refractivity contribution is 6.39. The van der Waals surface area contributed by atoms with Crippen LogP contribution in [0.5, 0.6) is 5.75 Å². The fraction of sp³-hybridized carbons (Fsp3) is 0.421. The average molecular weight is 440 g/mol. The number of benzene rings is 1. The van der Waals surface area contributed by atoms with Crippen molar-refractivity contribution in [1.29, 1.82) is 0 Å².